The van der Waals surface area contributed by atoms with Crippen LogP contribution in [-0.4, -0.2) is 60.0 Å². The maximum atomic E-state index is 11.7. The third kappa shape index (κ3) is 8.53. The van der Waals surface area contributed by atoms with Crippen molar-refractivity contribution >= 4 is 23.0 Å². The maximum Gasteiger partial charge on any atom is 0.348 e. The van der Waals surface area contributed by atoms with Gasteiger partial charge in [0, 0.05) is 24.0 Å². The molecular weight excluding hydrogens is 438 g/mol. The number of aromatic carboxylic acids is 1. The molecule has 0 atom stereocenters. The van der Waals surface area contributed by atoms with E-state index in [0.29, 0.717) is 23.7 Å². The Kier molecular flexibility index (Phi) is 10.0. The topological polar surface area (TPSA) is 108 Å². The monoisotopic (exact) mass is 477 g/mol. The minimum atomic E-state index is -0.884. The molecule has 0 amide bonds. The van der Waals surface area contributed by atoms with Crippen LogP contribution in [0.4, 0.5) is 5.69 Å². The number of ether oxygens (including phenoxy) is 1. The first kappa shape index (κ1) is 27.0. The van der Waals surface area contributed by atoms with Gasteiger partial charge in [0.25, 0.3) is 0 Å². The van der Waals surface area contributed by atoms with Crippen molar-refractivity contribution in [3.63, 3.8) is 0 Å². The number of aliphatic hydroxyl groups is 1. The number of thiophene rings is 1. The molecular formula is C25H39N3O4S. The minimum absolute atomic E-state index is 0.0802. The highest BCUT2D eigenvalue weighted by Gasteiger charge is 2.27. The summed E-state index contributed by atoms with van der Waals surface area (Å²) in [6, 6.07) is 2.21. The lowest BCUT2D eigenvalue weighted by Gasteiger charge is -2.30. The second kappa shape index (κ2) is 12.3. The molecule has 1 saturated carbocycles. The number of carboxylic acids is 1. The zero-order valence-corrected chi connectivity index (χ0v) is 21.1. The molecule has 1 aliphatic rings. The summed E-state index contributed by atoms with van der Waals surface area (Å²) < 4.78 is 6.09. The van der Waals surface area contributed by atoms with Crippen LogP contribution in [0.5, 0.6) is 0 Å². The number of carboxylic acid groups (broad SMARTS) is 1. The molecule has 7 nitrogen and oxygen atoms in total. The van der Waals surface area contributed by atoms with Crippen molar-refractivity contribution in [2.75, 3.05) is 32.1 Å². The van der Waals surface area contributed by atoms with E-state index >= 15 is 0 Å². The summed E-state index contributed by atoms with van der Waals surface area (Å²) in [6.07, 6.45) is 8.81. The molecule has 0 radical (unpaired) electrons. The van der Waals surface area contributed by atoms with Crippen LogP contribution in [0.2, 0.25) is 0 Å². The number of carbonyl (C=O) groups is 1. The SMILES string of the molecule is C=C(/C=C(\C=C/N)CN(C)CCO)OC1CCC(Nc2cc(C(C)(C)C)sc2C(=O)O)CC1. The van der Waals surface area contributed by atoms with Gasteiger partial charge in [0.1, 0.15) is 10.6 Å². The largest absolute Gasteiger partial charge is 0.491 e. The molecule has 1 aromatic heterocycles. The van der Waals surface area contributed by atoms with Gasteiger partial charge in [0.15, 0.2) is 0 Å². The summed E-state index contributed by atoms with van der Waals surface area (Å²) in [5.41, 5.74) is 7.17. The highest BCUT2D eigenvalue weighted by molar-refractivity contribution is 7.14. The number of allylic oxidation sites excluding steroid dienone is 1. The summed E-state index contributed by atoms with van der Waals surface area (Å²) >= 11 is 1.35. The molecule has 0 spiro atoms. The van der Waals surface area contributed by atoms with E-state index in [1.54, 1.807) is 0 Å². The predicted octanol–water partition coefficient (Wildman–Crippen LogP) is 4.32. The highest BCUT2D eigenvalue weighted by Crippen LogP contribution is 2.37. The molecule has 0 aliphatic heterocycles. The maximum absolute atomic E-state index is 11.7. The third-order valence-corrected chi connectivity index (χ3v) is 7.16. The smallest absolute Gasteiger partial charge is 0.348 e. The number of aliphatic hydroxyl groups excluding tert-OH is 1. The van der Waals surface area contributed by atoms with Crippen LogP contribution in [-0.2, 0) is 10.2 Å². The summed E-state index contributed by atoms with van der Waals surface area (Å²) in [4.78, 5) is 15.2. The van der Waals surface area contributed by atoms with Crippen LogP contribution >= 0.6 is 11.3 Å². The Morgan fingerprint density at radius 1 is 1.36 bits per heavy atom. The van der Waals surface area contributed by atoms with Gasteiger partial charge in [-0.2, -0.15) is 0 Å². The van der Waals surface area contributed by atoms with Gasteiger partial charge in [-0.05, 0) is 68.1 Å². The summed E-state index contributed by atoms with van der Waals surface area (Å²) in [6.45, 7) is 11.6. The van der Waals surface area contributed by atoms with Gasteiger partial charge >= 0.3 is 5.97 Å². The Morgan fingerprint density at radius 3 is 2.58 bits per heavy atom. The fourth-order valence-electron chi connectivity index (χ4n) is 3.86. The van der Waals surface area contributed by atoms with Crippen molar-refractivity contribution in [3.8, 4) is 0 Å². The Balaban J connectivity index is 1.93. The molecule has 33 heavy (non-hydrogen) atoms. The van der Waals surface area contributed by atoms with Crippen LogP contribution in [0.1, 0.15) is 61.0 Å². The Hall–Kier alpha value is -2.29. The van der Waals surface area contributed by atoms with Crippen molar-refractivity contribution in [2.45, 2.75) is 64.0 Å². The van der Waals surface area contributed by atoms with Crippen LogP contribution in [0.15, 0.2) is 42.3 Å². The van der Waals surface area contributed by atoms with E-state index in [4.69, 9.17) is 15.6 Å². The standard InChI is InChI=1S/C25H39N3O4S/c1-17(14-18(10-11-26)16-28(5)12-13-29)32-20-8-6-19(7-9-20)27-21-15-22(25(2,3)4)33-23(21)24(30)31/h10-11,14-15,19-20,27,29H,1,6-9,12-13,16,26H2,2-5H3,(H,30,31)/b11-10-,18-14+. The summed E-state index contributed by atoms with van der Waals surface area (Å²) in [7, 11) is 1.93. The molecule has 2 rings (SSSR count). The van der Waals surface area contributed by atoms with Gasteiger partial charge in [0.05, 0.1) is 18.4 Å². The first-order chi connectivity index (χ1) is 15.5. The molecule has 8 heteroatoms. The van der Waals surface area contributed by atoms with E-state index in [9.17, 15) is 9.90 Å². The number of hydrogen-bond acceptors (Lipinski definition) is 7. The van der Waals surface area contributed by atoms with E-state index in [1.807, 2.05) is 30.2 Å². The zero-order chi connectivity index (χ0) is 24.6. The van der Waals surface area contributed by atoms with E-state index < -0.39 is 5.97 Å². The van der Waals surface area contributed by atoms with Gasteiger partial charge in [0.2, 0.25) is 0 Å². The van der Waals surface area contributed by atoms with Crippen molar-refractivity contribution in [1.82, 2.24) is 4.90 Å². The Bertz CT molecular complexity index is 861. The summed E-state index contributed by atoms with van der Waals surface area (Å²) in [5, 5.41) is 22.2. The number of nitrogens with two attached hydrogens (primary N) is 1. The predicted molar refractivity (Wildman–Crippen MR) is 136 cm³/mol. The number of hydrogen-bond donors (Lipinski definition) is 4. The minimum Gasteiger partial charge on any atom is -0.491 e. The Morgan fingerprint density at radius 2 is 2.03 bits per heavy atom. The van der Waals surface area contributed by atoms with Gasteiger partial charge in [-0.15, -0.1) is 11.3 Å². The number of nitrogens with zero attached hydrogens (tertiary/aromatic N) is 1. The van der Waals surface area contributed by atoms with Crippen LogP contribution in [0.25, 0.3) is 0 Å². The molecule has 0 aromatic carbocycles. The van der Waals surface area contributed by atoms with E-state index in [2.05, 4.69) is 32.7 Å². The lowest BCUT2D eigenvalue weighted by atomic mass is 9.92. The number of rotatable bonds is 11. The lowest BCUT2D eigenvalue weighted by Crippen LogP contribution is -2.30. The molecule has 0 bridgehead atoms. The summed E-state index contributed by atoms with van der Waals surface area (Å²) in [5.74, 6) is -0.289. The quantitative estimate of drug-likeness (QED) is 0.278. The second-order valence-corrected chi connectivity index (χ2v) is 10.7. The van der Waals surface area contributed by atoms with Gasteiger partial charge < -0.3 is 26.0 Å². The second-order valence-electron chi connectivity index (χ2n) is 9.65. The van der Waals surface area contributed by atoms with Crippen LogP contribution < -0.4 is 11.1 Å². The Labute approximate surface area is 201 Å². The van der Waals surface area contributed by atoms with Gasteiger partial charge in [-0.1, -0.05) is 27.4 Å². The van der Waals surface area contributed by atoms with Gasteiger partial charge in [-0.3, -0.25) is 4.90 Å². The number of anilines is 1. The molecule has 0 saturated heterocycles. The number of likely N-dealkylation sites (N-methyl/N-ethyl adjacent to an activating group) is 1. The van der Waals surface area contributed by atoms with Crippen molar-refractivity contribution in [3.05, 3.63) is 52.1 Å². The fourth-order valence-corrected chi connectivity index (χ4v) is 4.88. The molecule has 184 valence electrons. The van der Waals surface area contributed by atoms with Crippen molar-refractivity contribution in [2.24, 2.45) is 5.73 Å². The van der Waals surface area contributed by atoms with E-state index in [0.717, 1.165) is 41.8 Å². The lowest BCUT2D eigenvalue weighted by molar-refractivity contribution is 0.0702. The van der Waals surface area contributed by atoms with E-state index in [1.165, 1.54) is 17.5 Å². The fraction of sp³-hybridized carbons (Fsp3) is 0.560. The van der Waals surface area contributed by atoms with Crippen molar-refractivity contribution < 1.29 is 19.7 Å². The highest BCUT2D eigenvalue weighted by atomic mass is 32.1. The first-order valence-corrected chi connectivity index (χ1v) is 12.2. The molecule has 5 N–H and O–H groups in total. The molecule has 1 aromatic rings. The van der Waals surface area contributed by atoms with Gasteiger partial charge in [-0.25, -0.2) is 4.79 Å². The third-order valence-electron chi connectivity index (χ3n) is 5.61. The molecule has 1 aliphatic carbocycles. The average Bonchev–Trinajstić information content (AvgIpc) is 3.14. The molecule has 1 heterocycles. The number of nitrogens with one attached hydrogen (secondary N) is 1. The first-order valence-electron chi connectivity index (χ1n) is 11.4. The van der Waals surface area contributed by atoms with E-state index in [-0.39, 0.29) is 24.2 Å². The van der Waals surface area contributed by atoms with Crippen molar-refractivity contribution in [1.29, 1.82) is 0 Å². The molecule has 1 fully saturated rings. The van der Waals surface area contributed by atoms with Crippen LogP contribution in [0.3, 0.4) is 0 Å². The zero-order valence-electron chi connectivity index (χ0n) is 20.3. The average molecular weight is 478 g/mol. The normalized spacial score (nSPS) is 19.8. The molecule has 0 unspecified atom stereocenters. The van der Waals surface area contributed by atoms with Crippen LogP contribution in [0, 0.1) is 0 Å².